The van der Waals surface area contributed by atoms with Crippen molar-refractivity contribution in [2.24, 2.45) is 0 Å². The number of nitrogens with zero attached hydrogens (tertiary/aromatic N) is 2. The maximum Gasteiger partial charge on any atom is 0.239 e. The average Bonchev–Trinajstić information content (AvgIpc) is 2.62. The van der Waals surface area contributed by atoms with Crippen LogP contribution in [0.1, 0.15) is 36.5 Å². The zero-order valence-corrected chi connectivity index (χ0v) is 16.5. The van der Waals surface area contributed by atoms with Crippen LogP contribution in [0, 0.1) is 5.82 Å². The van der Waals surface area contributed by atoms with E-state index in [1.165, 1.54) is 13.0 Å². The molecule has 0 saturated carbocycles. The molecule has 5 nitrogen and oxygen atoms in total. The second kappa shape index (κ2) is 10.1. The number of rotatable bonds is 3. The number of nitrogens with one attached hydrogen (secondary N) is 1. The predicted octanol–water partition coefficient (Wildman–Crippen LogP) is 2.66. The molecule has 1 aromatic carbocycles. The van der Waals surface area contributed by atoms with Crippen molar-refractivity contribution in [3.8, 4) is 0 Å². The van der Waals surface area contributed by atoms with E-state index in [0.29, 0.717) is 37.4 Å². The molecule has 1 aromatic rings. The fraction of sp³-hybridized carbons (Fsp3) is 0.556. The second-order valence-electron chi connectivity index (χ2n) is 6.54. The minimum absolute atomic E-state index is 0. The van der Waals surface area contributed by atoms with Gasteiger partial charge >= 0.3 is 0 Å². The van der Waals surface area contributed by atoms with Crippen LogP contribution < -0.4 is 10.2 Å². The van der Waals surface area contributed by atoms with Gasteiger partial charge in [-0.05, 0) is 44.5 Å². The van der Waals surface area contributed by atoms with Gasteiger partial charge in [0.25, 0.3) is 0 Å². The number of halogens is 3. The van der Waals surface area contributed by atoms with Crippen molar-refractivity contribution in [1.29, 1.82) is 0 Å². The van der Waals surface area contributed by atoms with Crippen LogP contribution in [0.25, 0.3) is 0 Å². The number of carbonyl (C=O) groups excluding carboxylic acids is 2. The zero-order valence-electron chi connectivity index (χ0n) is 14.9. The lowest BCUT2D eigenvalue weighted by atomic mass is 10.0. The molecule has 8 heteroatoms. The number of hydrogen-bond donors (Lipinski definition) is 1. The topological polar surface area (TPSA) is 52.7 Å². The number of hydrogen-bond acceptors (Lipinski definition) is 4. The lowest BCUT2D eigenvalue weighted by Crippen LogP contribution is -2.55. The Balaban J connectivity index is 0.00000169. The first-order chi connectivity index (χ1) is 11.6. The van der Waals surface area contributed by atoms with Crippen LogP contribution in [0.3, 0.4) is 0 Å². The van der Waals surface area contributed by atoms with Crippen molar-refractivity contribution in [2.45, 2.75) is 32.2 Å². The standard InChI is InChI=1S/C18H24FN3O2.2ClH/c1-13(23)14-5-6-17(15(19)12-14)21-8-10-22(11-9-21)18(24)16-4-2-3-7-20-16;;/h5-6,12,16,20H,2-4,7-11H2,1H3;2*1H. The monoisotopic (exact) mass is 405 g/mol. The van der Waals surface area contributed by atoms with E-state index >= 15 is 0 Å². The van der Waals surface area contributed by atoms with Crippen molar-refractivity contribution >= 4 is 42.2 Å². The van der Waals surface area contributed by atoms with E-state index in [1.54, 1.807) is 12.1 Å². The molecule has 3 rings (SSSR count). The Morgan fingerprint density at radius 2 is 1.81 bits per heavy atom. The summed E-state index contributed by atoms with van der Waals surface area (Å²) in [5.41, 5.74) is 0.885. The van der Waals surface area contributed by atoms with Crippen molar-refractivity contribution < 1.29 is 14.0 Å². The van der Waals surface area contributed by atoms with Gasteiger partial charge in [0, 0.05) is 31.7 Å². The Morgan fingerprint density at radius 3 is 2.35 bits per heavy atom. The van der Waals surface area contributed by atoms with E-state index in [0.717, 1.165) is 25.8 Å². The summed E-state index contributed by atoms with van der Waals surface area (Å²) in [6.07, 6.45) is 3.13. The van der Waals surface area contributed by atoms with Gasteiger partial charge in [0.2, 0.25) is 5.91 Å². The highest BCUT2D eigenvalue weighted by Gasteiger charge is 2.28. The number of amides is 1. The van der Waals surface area contributed by atoms with Gasteiger partial charge in [-0.3, -0.25) is 9.59 Å². The maximum absolute atomic E-state index is 14.3. The summed E-state index contributed by atoms with van der Waals surface area (Å²) >= 11 is 0. The van der Waals surface area contributed by atoms with E-state index in [4.69, 9.17) is 0 Å². The Kier molecular flexibility index (Phi) is 8.80. The number of anilines is 1. The van der Waals surface area contributed by atoms with Gasteiger partial charge in [0.05, 0.1) is 11.7 Å². The fourth-order valence-corrected chi connectivity index (χ4v) is 3.43. The van der Waals surface area contributed by atoms with Crippen LogP contribution in [0.2, 0.25) is 0 Å². The molecule has 0 aliphatic carbocycles. The molecule has 2 saturated heterocycles. The first-order valence-electron chi connectivity index (χ1n) is 8.64. The smallest absolute Gasteiger partial charge is 0.239 e. The molecule has 1 N–H and O–H groups in total. The SMILES string of the molecule is CC(=O)c1ccc(N2CCN(C(=O)C3CCCCN3)CC2)c(F)c1.Cl.Cl. The third-order valence-corrected chi connectivity index (χ3v) is 4.89. The highest BCUT2D eigenvalue weighted by atomic mass is 35.5. The van der Waals surface area contributed by atoms with Gasteiger partial charge in [-0.2, -0.15) is 0 Å². The van der Waals surface area contributed by atoms with Crippen LogP contribution in [0.15, 0.2) is 18.2 Å². The quantitative estimate of drug-likeness (QED) is 0.785. The van der Waals surface area contributed by atoms with Crippen molar-refractivity contribution in [1.82, 2.24) is 10.2 Å². The Morgan fingerprint density at radius 1 is 1.12 bits per heavy atom. The Labute approximate surface area is 166 Å². The lowest BCUT2D eigenvalue weighted by Gasteiger charge is -2.38. The lowest BCUT2D eigenvalue weighted by molar-refractivity contribution is -0.134. The molecule has 1 amide bonds. The summed E-state index contributed by atoms with van der Waals surface area (Å²) in [5, 5.41) is 3.29. The van der Waals surface area contributed by atoms with Crippen molar-refractivity contribution in [2.75, 3.05) is 37.6 Å². The summed E-state index contributed by atoms with van der Waals surface area (Å²) in [6.45, 7) is 4.75. The highest BCUT2D eigenvalue weighted by molar-refractivity contribution is 5.94. The van der Waals surface area contributed by atoms with Crippen LogP contribution >= 0.6 is 24.8 Å². The molecular formula is C18H26Cl2FN3O2. The predicted molar refractivity (Wildman–Crippen MR) is 105 cm³/mol. The molecule has 1 unspecified atom stereocenters. The number of Topliss-reactive ketones (excluding diaryl/α,β-unsaturated/α-hetero) is 1. The van der Waals surface area contributed by atoms with Gasteiger partial charge < -0.3 is 15.1 Å². The van der Waals surface area contributed by atoms with Crippen LogP contribution in [0.5, 0.6) is 0 Å². The molecule has 0 aromatic heterocycles. The molecule has 0 radical (unpaired) electrons. The fourth-order valence-electron chi connectivity index (χ4n) is 3.43. The van der Waals surface area contributed by atoms with Crippen LogP contribution in [-0.2, 0) is 4.79 Å². The molecule has 2 aliphatic rings. The van der Waals surface area contributed by atoms with Crippen LogP contribution in [-0.4, -0.2) is 55.4 Å². The number of piperidine rings is 1. The number of ketones is 1. The number of carbonyl (C=O) groups is 2. The van der Waals surface area contributed by atoms with Crippen LogP contribution in [0.4, 0.5) is 10.1 Å². The average molecular weight is 406 g/mol. The Bertz CT molecular complexity index is 631. The minimum atomic E-state index is -0.378. The van der Waals surface area contributed by atoms with E-state index in [2.05, 4.69) is 5.32 Å². The van der Waals surface area contributed by atoms with Gasteiger partial charge in [-0.1, -0.05) is 6.42 Å². The van der Waals surface area contributed by atoms with E-state index in [-0.39, 0.29) is 48.4 Å². The van der Waals surface area contributed by atoms with Crippen molar-refractivity contribution in [3.05, 3.63) is 29.6 Å². The molecule has 2 heterocycles. The summed E-state index contributed by atoms with van der Waals surface area (Å²) in [4.78, 5) is 27.7. The van der Waals surface area contributed by atoms with Gasteiger partial charge in [-0.25, -0.2) is 4.39 Å². The maximum atomic E-state index is 14.3. The second-order valence-corrected chi connectivity index (χ2v) is 6.54. The molecule has 1 atom stereocenters. The van der Waals surface area contributed by atoms with E-state index in [9.17, 15) is 14.0 Å². The molecule has 0 spiro atoms. The molecule has 2 fully saturated rings. The summed E-state index contributed by atoms with van der Waals surface area (Å²) in [5.74, 6) is -0.353. The number of piperazine rings is 1. The van der Waals surface area contributed by atoms with Gasteiger partial charge in [0.15, 0.2) is 5.78 Å². The first-order valence-corrected chi connectivity index (χ1v) is 8.64. The van der Waals surface area contributed by atoms with E-state index in [1.807, 2.05) is 9.80 Å². The molecule has 2 aliphatic heterocycles. The first kappa shape index (κ1) is 22.7. The Hall–Kier alpha value is -1.37. The minimum Gasteiger partial charge on any atom is -0.366 e. The summed E-state index contributed by atoms with van der Waals surface area (Å²) in [6, 6.07) is 4.55. The zero-order chi connectivity index (χ0) is 17.1. The molecule has 0 bridgehead atoms. The highest BCUT2D eigenvalue weighted by Crippen LogP contribution is 2.23. The summed E-state index contributed by atoms with van der Waals surface area (Å²) < 4.78 is 14.3. The van der Waals surface area contributed by atoms with Crippen molar-refractivity contribution in [3.63, 3.8) is 0 Å². The summed E-state index contributed by atoms with van der Waals surface area (Å²) in [7, 11) is 0. The normalized spacial score (nSPS) is 20.0. The molecule has 146 valence electrons. The molecule has 26 heavy (non-hydrogen) atoms. The molecular weight excluding hydrogens is 380 g/mol. The van der Waals surface area contributed by atoms with Gasteiger partial charge in [-0.15, -0.1) is 24.8 Å². The third kappa shape index (κ3) is 5.09. The largest absolute Gasteiger partial charge is 0.366 e. The third-order valence-electron chi connectivity index (χ3n) is 4.89. The van der Waals surface area contributed by atoms with E-state index < -0.39 is 0 Å². The number of benzene rings is 1. The van der Waals surface area contributed by atoms with Gasteiger partial charge in [0.1, 0.15) is 5.82 Å².